The standard InChI is InChI=1S/C20H22N4O2/c1-13-8-9-14(2)17(10-13)23-20(26)12-24-18-7-5-4-6-16(18)22-19(24)11-21-15(3)25/h4-10H,11-12H2,1-3H3,(H,21,25)(H,23,26). The summed E-state index contributed by atoms with van der Waals surface area (Å²) in [5.74, 6) is 0.381. The minimum Gasteiger partial charge on any atom is -0.349 e. The fraction of sp³-hybridized carbons (Fsp3) is 0.250. The number of rotatable bonds is 5. The van der Waals surface area contributed by atoms with Crippen molar-refractivity contribution in [2.75, 3.05) is 5.32 Å². The number of aryl methyl sites for hydroxylation is 2. The van der Waals surface area contributed by atoms with E-state index in [1.807, 2.05) is 60.9 Å². The number of hydrogen-bond donors (Lipinski definition) is 2. The van der Waals surface area contributed by atoms with E-state index < -0.39 is 0 Å². The van der Waals surface area contributed by atoms with Gasteiger partial charge >= 0.3 is 0 Å². The third kappa shape index (κ3) is 3.91. The van der Waals surface area contributed by atoms with Gasteiger partial charge in [0, 0.05) is 12.6 Å². The summed E-state index contributed by atoms with van der Waals surface area (Å²) in [5.41, 5.74) is 4.57. The van der Waals surface area contributed by atoms with Crippen molar-refractivity contribution < 1.29 is 9.59 Å². The Balaban J connectivity index is 1.86. The molecule has 1 aromatic heterocycles. The van der Waals surface area contributed by atoms with E-state index in [2.05, 4.69) is 15.6 Å². The molecule has 3 aromatic rings. The van der Waals surface area contributed by atoms with Crippen molar-refractivity contribution in [2.45, 2.75) is 33.9 Å². The summed E-state index contributed by atoms with van der Waals surface area (Å²) >= 11 is 0. The third-order valence-corrected chi connectivity index (χ3v) is 4.20. The predicted octanol–water partition coefficient (Wildman–Crippen LogP) is 2.93. The van der Waals surface area contributed by atoms with Crippen LogP contribution in [0.3, 0.4) is 0 Å². The first-order valence-corrected chi connectivity index (χ1v) is 8.49. The molecule has 2 amide bonds. The maximum Gasteiger partial charge on any atom is 0.244 e. The van der Waals surface area contributed by atoms with Crippen LogP contribution in [0.25, 0.3) is 11.0 Å². The molecule has 0 spiro atoms. The highest BCUT2D eigenvalue weighted by Gasteiger charge is 2.14. The van der Waals surface area contributed by atoms with E-state index in [9.17, 15) is 9.59 Å². The fourth-order valence-corrected chi connectivity index (χ4v) is 2.84. The SMILES string of the molecule is CC(=O)NCc1nc2ccccc2n1CC(=O)Nc1cc(C)ccc1C. The monoisotopic (exact) mass is 350 g/mol. The first-order valence-electron chi connectivity index (χ1n) is 8.49. The second-order valence-corrected chi connectivity index (χ2v) is 6.38. The molecule has 0 saturated carbocycles. The quantitative estimate of drug-likeness (QED) is 0.743. The number of benzene rings is 2. The van der Waals surface area contributed by atoms with Crippen LogP contribution >= 0.6 is 0 Å². The molecule has 0 aliphatic heterocycles. The Morgan fingerprint density at radius 3 is 2.65 bits per heavy atom. The highest BCUT2D eigenvalue weighted by Crippen LogP contribution is 2.19. The fourth-order valence-electron chi connectivity index (χ4n) is 2.84. The van der Waals surface area contributed by atoms with Crippen molar-refractivity contribution in [3.05, 3.63) is 59.4 Å². The van der Waals surface area contributed by atoms with E-state index in [1.54, 1.807) is 0 Å². The minimum atomic E-state index is -0.136. The second kappa shape index (κ2) is 7.39. The lowest BCUT2D eigenvalue weighted by Crippen LogP contribution is -2.25. The van der Waals surface area contributed by atoms with Gasteiger partial charge in [0.25, 0.3) is 0 Å². The van der Waals surface area contributed by atoms with Gasteiger partial charge in [-0.05, 0) is 43.2 Å². The molecule has 134 valence electrons. The Kier molecular flexibility index (Phi) is 5.02. The Morgan fingerprint density at radius 2 is 1.88 bits per heavy atom. The zero-order chi connectivity index (χ0) is 18.7. The molecule has 0 aliphatic rings. The van der Waals surface area contributed by atoms with Crippen LogP contribution in [-0.4, -0.2) is 21.4 Å². The molecular weight excluding hydrogens is 328 g/mol. The number of anilines is 1. The molecule has 0 bridgehead atoms. The molecule has 6 nitrogen and oxygen atoms in total. The molecule has 26 heavy (non-hydrogen) atoms. The van der Waals surface area contributed by atoms with Gasteiger partial charge in [-0.25, -0.2) is 4.98 Å². The van der Waals surface area contributed by atoms with E-state index in [0.29, 0.717) is 5.82 Å². The van der Waals surface area contributed by atoms with Crippen molar-refractivity contribution >= 4 is 28.5 Å². The lowest BCUT2D eigenvalue weighted by molar-refractivity contribution is -0.119. The smallest absolute Gasteiger partial charge is 0.244 e. The van der Waals surface area contributed by atoms with Crippen molar-refractivity contribution in [1.82, 2.24) is 14.9 Å². The molecule has 2 N–H and O–H groups in total. The number of aromatic nitrogens is 2. The average molecular weight is 350 g/mol. The van der Waals surface area contributed by atoms with Gasteiger partial charge in [0.1, 0.15) is 12.4 Å². The number of carbonyl (C=O) groups is 2. The zero-order valence-electron chi connectivity index (χ0n) is 15.2. The summed E-state index contributed by atoms with van der Waals surface area (Å²) < 4.78 is 1.84. The van der Waals surface area contributed by atoms with Crippen LogP contribution in [0.2, 0.25) is 0 Å². The Labute approximate surface area is 152 Å². The number of nitrogens with zero attached hydrogens (tertiary/aromatic N) is 2. The van der Waals surface area contributed by atoms with E-state index >= 15 is 0 Å². The van der Waals surface area contributed by atoms with Gasteiger partial charge in [0.2, 0.25) is 11.8 Å². The van der Waals surface area contributed by atoms with E-state index in [-0.39, 0.29) is 24.9 Å². The minimum absolute atomic E-state index is 0.128. The Morgan fingerprint density at radius 1 is 1.12 bits per heavy atom. The van der Waals surface area contributed by atoms with Crippen molar-refractivity contribution in [3.63, 3.8) is 0 Å². The zero-order valence-corrected chi connectivity index (χ0v) is 15.2. The molecule has 0 aliphatic carbocycles. The van der Waals surface area contributed by atoms with Gasteiger partial charge in [-0.2, -0.15) is 0 Å². The number of imidazole rings is 1. The number of carbonyl (C=O) groups excluding carboxylic acids is 2. The van der Waals surface area contributed by atoms with Gasteiger partial charge in [-0.15, -0.1) is 0 Å². The second-order valence-electron chi connectivity index (χ2n) is 6.38. The van der Waals surface area contributed by atoms with Gasteiger partial charge < -0.3 is 15.2 Å². The number of hydrogen-bond acceptors (Lipinski definition) is 3. The summed E-state index contributed by atoms with van der Waals surface area (Å²) in [6, 6.07) is 13.6. The van der Waals surface area contributed by atoms with Gasteiger partial charge in [-0.3, -0.25) is 9.59 Å². The molecular formula is C20H22N4O2. The summed E-state index contributed by atoms with van der Waals surface area (Å²) in [7, 11) is 0. The van der Waals surface area contributed by atoms with Crippen LogP contribution in [0.15, 0.2) is 42.5 Å². The lowest BCUT2D eigenvalue weighted by atomic mass is 10.1. The summed E-state index contributed by atoms with van der Waals surface area (Å²) in [6.45, 7) is 5.82. The largest absolute Gasteiger partial charge is 0.349 e. The molecule has 1 heterocycles. The molecule has 2 aromatic carbocycles. The van der Waals surface area contributed by atoms with E-state index in [4.69, 9.17) is 0 Å². The maximum absolute atomic E-state index is 12.6. The van der Waals surface area contributed by atoms with Crippen LogP contribution in [-0.2, 0) is 22.7 Å². The number of para-hydroxylation sites is 2. The summed E-state index contributed by atoms with van der Waals surface area (Å²) in [4.78, 5) is 28.4. The van der Waals surface area contributed by atoms with E-state index in [0.717, 1.165) is 27.8 Å². The van der Waals surface area contributed by atoms with Crippen molar-refractivity contribution in [2.24, 2.45) is 0 Å². The van der Waals surface area contributed by atoms with Crippen molar-refractivity contribution in [3.8, 4) is 0 Å². The van der Waals surface area contributed by atoms with Crippen LogP contribution < -0.4 is 10.6 Å². The summed E-state index contributed by atoms with van der Waals surface area (Å²) in [5, 5.41) is 5.72. The topological polar surface area (TPSA) is 76.0 Å². The number of nitrogens with one attached hydrogen (secondary N) is 2. The average Bonchev–Trinajstić information content (AvgIpc) is 2.94. The molecule has 3 rings (SSSR count). The number of amides is 2. The molecule has 0 unspecified atom stereocenters. The Bertz CT molecular complexity index is 975. The van der Waals surface area contributed by atoms with Gasteiger partial charge in [0.15, 0.2) is 0 Å². The van der Waals surface area contributed by atoms with Crippen LogP contribution in [0, 0.1) is 13.8 Å². The third-order valence-electron chi connectivity index (χ3n) is 4.20. The highest BCUT2D eigenvalue weighted by molar-refractivity contribution is 5.92. The van der Waals surface area contributed by atoms with Gasteiger partial charge in [-0.1, -0.05) is 24.3 Å². The lowest BCUT2D eigenvalue weighted by Gasteiger charge is -2.12. The number of fused-ring (bicyclic) bond motifs is 1. The van der Waals surface area contributed by atoms with E-state index in [1.165, 1.54) is 6.92 Å². The van der Waals surface area contributed by atoms with Crippen LogP contribution in [0.1, 0.15) is 23.9 Å². The molecule has 0 radical (unpaired) electrons. The maximum atomic E-state index is 12.6. The molecule has 6 heteroatoms. The van der Waals surface area contributed by atoms with Crippen LogP contribution in [0.4, 0.5) is 5.69 Å². The first-order chi connectivity index (χ1) is 12.4. The van der Waals surface area contributed by atoms with Gasteiger partial charge in [0.05, 0.1) is 17.6 Å². The Hall–Kier alpha value is -3.15. The molecule has 0 fully saturated rings. The van der Waals surface area contributed by atoms with Crippen molar-refractivity contribution in [1.29, 1.82) is 0 Å². The summed E-state index contributed by atoms with van der Waals surface area (Å²) in [6.07, 6.45) is 0. The normalized spacial score (nSPS) is 10.7. The molecule has 0 saturated heterocycles. The highest BCUT2D eigenvalue weighted by atomic mass is 16.2. The predicted molar refractivity (Wildman–Crippen MR) is 102 cm³/mol. The molecule has 0 atom stereocenters. The first kappa shape index (κ1) is 17.7. The van der Waals surface area contributed by atoms with Crippen LogP contribution in [0.5, 0.6) is 0 Å².